The molecule has 1 atom stereocenters. The molecule has 0 aliphatic heterocycles. The Balaban J connectivity index is 2.67. The molecule has 13 heavy (non-hydrogen) atoms. The van der Waals surface area contributed by atoms with Crippen LogP contribution < -0.4 is 5.32 Å². The summed E-state index contributed by atoms with van der Waals surface area (Å²) in [6, 6.07) is 8.22. The van der Waals surface area contributed by atoms with E-state index in [-0.39, 0.29) is 0 Å². The van der Waals surface area contributed by atoms with Crippen molar-refractivity contribution in [2.24, 2.45) is 0 Å². The van der Waals surface area contributed by atoms with Crippen LogP contribution in [0.25, 0.3) is 0 Å². The molecular formula is C11H14ClN. The molecule has 0 saturated carbocycles. The molecular weight excluding hydrogens is 182 g/mol. The van der Waals surface area contributed by atoms with Crippen LogP contribution in [0.1, 0.15) is 5.56 Å². The number of halogens is 1. The lowest BCUT2D eigenvalue weighted by Crippen LogP contribution is -2.24. The Morgan fingerprint density at radius 3 is 2.92 bits per heavy atom. The van der Waals surface area contributed by atoms with Gasteiger partial charge >= 0.3 is 0 Å². The van der Waals surface area contributed by atoms with Crippen molar-refractivity contribution in [1.29, 1.82) is 0 Å². The Kier molecular flexibility index (Phi) is 4.00. The Hall–Kier alpha value is -0.790. The van der Waals surface area contributed by atoms with Crippen molar-refractivity contribution < 1.29 is 0 Å². The van der Waals surface area contributed by atoms with E-state index in [9.17, 15) is 0 Å². The molecule has 0 aromatic heterocycles. The van der Waals surface area contributed by atoms with Crippen LogP contribution in [0.3, 0.4) is 0 Å². The van der Waals surface area contributed by atoms with Crippen LogP contribution in [0.2, 0.25) is 5.02 Å². The van der Waals surface area contributed by atoms with E-state index >= 15 is 0 Å². The molecule has 0 aliphatic rings. The number of hydrogen-bond donors (Lipinski definition) is 1. The molecule has 1 aromatic carbocycles. The van der Waals surface area contributed by atoms with E-state index in [0.29, 0.717) is 6.04 Å². The molecule has 0 unspecified atom stereocenters. The third kappa shape index (κ3) is 3.21. The second kappa shape index (κ2) is 5.05. The SMILES string of the molecule is C=C[C@@H](Cc1cccc(Cl)c1)NC. The minimum absolute atomic E-state index is 0.318. The fourth-order valence-corrected chi connectivity index (χ4v) is 1.43. The van der Waals surface area contributed by atoms with Crippen LogP contribution in [0.5, 0.6) is 0 Å². The molecule has 0 radical (unpaired) electrons. The van der Waals surface area contributed by atoms with Crippen LogP contribution in [-0.4, -0.2) is 13.1 Å². The monoisotopic (exact) mass is 195 g/mol. The van der Waals surface area contributed by atoms with Crippen molar-refractivity contribution in [3.05, 3.63) is 47.5 Å². The second-order valence-corrected chi connectivity index (χ2v) is 3.40. The lowest BCUT2D eigenvalue weighted by molar-refractivity contribution is 0.665. The highest BCUT2D eigenvalue weighted by atomic mass is 35.5. The fraction of sp³-hybridized carbons (Fsp3) is 0.273. The molecule has 0 bridgehead atoms. The van der Waals surface area contributed by atoms with Gasteiger partial charge in [-0.05, 0) is 31.2 Å². The van der Waals surface area contributed by atoms with Gasteiger partial charge in [0.1, 0.15) is 0 Å². The lowest BCUT2D eigenvalue weighted by atomic mass is 10.1. The van der Waals surface area contributed by atoms with Gasteiger partial charge in [-0.3, -0.25) is 0 Å². The number of likely N-dealkylation sites (N-methyl/N-ethyl adjacent to an activating group) is 1. The van der Waals surface area contributed by atoms with Gasteiger partial charge in [-0.2, -0.15) is 0 Å². The third-order valence-electron chi connectivity index (χ3n) is 2.00. The largest absolute Gasteiger partial charge is 0.313 e. The Labute approximate surface area is 84.4 Å². The van der Waals surface area contributed by atoms with Gasteiger partial charge in [0, 0.05) is 11.1 Å². The zero-order chi connectivity index (χ0) is 9.68. The van der Waals surface area contributed by atoms with Crippen molar-refractivity contribution in [3.8, 4) is 0 Å². The summed E-state index contributed by atoms with van der Waals surface area (Å²) < 4.78 is 0. The molecule has 0 aliphatic carbocycles. The quantitative estimate of drug-likeness (QED) is 0.729. The highest BCUT2D eigenvalue weighted by Crippen LogP contribution is 2.12. The Morgan fingerprint density at radius 2 is 2.38 bits per heavy atom. The highest BCUT2D eigenvalue weighted by molar-refractivity contribution is 6.30. The molecule has 1 rings (SSSR count). The topological polar surface area (TPSA) is 12.0 Å². The van der Waals surface area contributed by atoms with Gasteiger partial charge in [0.2, 0.25) is 0 Å². The maximum absolute atomic E-state index is 5.87. The van der Waals surface area contributed by atoms with Crippen LogP contribution >= 0.6 is 11.6 Å². The first kappa shape index (κ1) is 10.3. The van der Waals surface area contributed by atoms with Crippen molar-refractivity contribution in [3.63, 3.8) is 0 Å². The summed E-state index contributed by atoms with van der Waals surface area (Å²) in [4.78, 5) is 0. The van der Waals surface area contributed by atoms with Crippen LogP contribution in [0.15, 0.2) is 36.9 Å². The van der Waals surface area contributed by atoms with E-state index in [4.69, 9.17) is 11.6 Å². The van der Waals surface area contributed by atoms with Gasteiger partial charge in [-0.25, -0.2) is 0 Å². The fourth-order valence-electron chi connectivity index (χ4n) is 1.22. The summed E-state index contributed by atoms with van der Waals surface area (Å²) in [5, 5.41) is 3.95. The van der Waals surface area contributed by atoms with Gasteiger partial charge in [0.05, 0.1) is 0 Å². The van der Waals surface area contributed by atoms with E-state index < -0.39 is 0 Å². The first-order chi connectivity index (χ1) is 6.26. The molecule has 0 fully saturated rings. The molecule has 0 amide bonds. The third-order valence-corrected chi connectivity index (χ3v) is 2.24. The molecule has 0 saturated heterocycles. The lowest BCUT2D eigenvalue weighted by Gasteiger charge is -2.10. The minimum atomic E-state index is 0.318. The maximum Gasteiger partial charge on any atom is 0.0408 e. The summed E-state index contributed by atoms with van der Waals surface area (Å²) in [7, 11) is 1.93. The number of nitrogens with one attached hydrogen (secondary N) is 1. The zero-order valence-corrected chi connectivity index (χ0v) is 8.51. The van der Waals surface area contributed by atoms with Gasteiger partial charge in [0.15, 0.2) is 0 Å². The predicted octanol–water partition coefficient (Wildman–Crippen LogP) is 2.66. The van der Waals surface area contributed by atoms with Gasteiger partial charge in [-0.15, -0.1) is 6.58 Å². The van der Waals surface area contributed by atoms with Crippen molar-refractivity contribution >= 4 is 11.6 Å². The second-order valence-electron chi connectivity index (χ2n) is 2.96. The summed E-state index contributed by atoms with van der Waals surface area (Å²) >= 11 is 5.87. The van der Waals surface area contributed by atoms with Crippen molar-refractivity contribution in [1.82, 2.24) is 5.32 Å². The smallest absolute Gasteiger partial charge is 0.0408 e. The van der Waals surface area contributed by atoms with Crippen molar-refractivity contribution in [2.45, 2.75) is 12.5 Å². The molecule has 70 valence electrons. The molecule has 1 nitrogen and oxygen atoms in total. The van der Waals surface area contributed by atoms with E-state index in [2.05, 4.69) is 18.0 Å². The summed E-state index contributed by atoms with van der Waals surface area (Å²) in [5.74, 6) is 0. The van der Waals surface area contributed by atoms with Gasteiger partial charge in [0.25, 0.3) is 0 Å². The Morgan fingerprint density at radius 1 is 1.62 bits per heavy atom. The normalized spacial score (nSPS) is 12.5. The maximum atomic E-state index is 5.87. The van der Waals surface area contributed by atoms with E-state index in [1.807, 2.05) is 31.3 Å². The van der Waals surface area contributed by atoms with E-state index in [1.165, 1.54) is 5.56 Å². The predicted molar refractivity (Wildman–Crippen MR) is 58.2 cm³/mol. The standard InChI is InChI=1S/C11H14ClN/c1-3-11(13-2)8-9-5-4-6-10(12)7-9/h3-7,11,13H,1,8H2,2H3/t11-/m0/s1. The molecule has 1 aromatic rings. The minimum Gasteiger partial charge on any atom is -0.313 e. The average Bonchev–Trinajstić information content (AvgIpc) is 2.14. The van der Waals surface area contributed by atoms with E-state index in [1.54, 1.807) is 0 Å². The summed E-state index contributed by atoms with van der Waals surface area (Å²) in [6.45, 7) is 3.75. The van der Waals surface area contributed by atoms with Crippen LogP contribution in [0.4, 0.5) is 0 Å². The number of rotatable bonds is 4. The Bertz CT molecular complexity index is 283. The highest BCUT2D eigenvalue weighted by Gasteiger charge is 2.01. The van der Waals surface area contributed by atoms with Gasteiger partial charge in [-0.1, -0.05) is 29.8 Å². The average molecular weight is 196 g/mol. The van der Waals surface area contributed by atoms with E-state index in [0.717, 1.165) is 11.4 Å². The van der Waals surface area contributed by atoms with Crippen LogP contribution in [0, 0.1) is 0 Å². The molecule has 2 heteroatoms. The van der Waals surface area contributed by atoms with Gasteiger partial charge < -0.3 is 5.32 Å². The molecule has 0 heterocycles. The summed E-state index contributed by atoms with van der Waals surface area (Å²) in [6.07, 6.45) is 2.83. The first-order valence-corrected chi connectivity index (χ1v) is 4.68. The van der Waals surface area contributed by atoms with Crippen LogP contribution in [-0.2, 0) is 6.42 Å². The molecule has 1 N–H and O–H groups in total. The summed E-state index contributed by atoms with van der Waals surface area (Å²) in [5.41, 5.74) is 1.23. The zero-order valence-electron chi connectivity index (χ0n) is 7.76. The first-order valence-electron chi connectivity index (χ1n) is 4.30. The molecule has 0 spiro atoms. The van der Waals surface area contributed by atoms with Crippen molar-refractivity contribution in [2.75, 3.05) is 7.05 Å². The number of benzene rings is 1. The number of hydrogen-bond acceptors (Lipinski definition) is 1.